The highest BCUT2D eigenvalue weighted by atomic mass is 19.1. The summed E-state index contributed by atoms with van der Waals surface area (Å²) in [6.45, 7) is 1.79. The van der Waals surface area contributed by atoms with Gasteiger partial charge < -0.3 is 10.2 Å². The van der Waals surface area contributed by atoms with Gasteiger partial charge in [0.2, 0.25) is 0 Å². The predicted octanol–water partition coefficient (Wildman–Crippen LogP) is 3.15. The van der Waals surface area contributed by atoms with Gasteiger partial charge in [-0.05, 0) is 36.7 Å². The number of likely N-dealkylation sites (N-methyl/N-ethyl adjacent to an activating group) is 1. The van der Waals surface area contributed by atoms with E-state index in [1.807, 2.05) is 19.2 Å². The molecule has 0 aromatic heterocycles. The molecule has 2 aromatic rings. The third-order valence-electron chi connectivity index (χ3n) is 3.94. The first kappa shape index (κ1) is 13.1. The molecule has 1 aliphatic heterocycles. The van der Waals surface area contributed by atoms with Crippen molar-refractivity contribution in [1.29, 1.82) is 0 Å². The molecular weight excluding hydrogens is 251 g/mol. The van der Waals surface area contributed by atoms with Crippen molar-refractivity contribution in [2.75, 3.05) is 25.0 Å². The number of halogens is 1. The van der Waals surface area contributed by atoms with Crippen molar-refractivity contribution >= 4 is 5.69 Å². The molecule has 0 spiro atoms. The average molecular weight is 270 g/mol. The largest absolute Gasteiger partial charge is 0.363 e. The van der Waals surface area contributed by atoms with Gasteiger partial charge in [0.1, 0.15) is 5.82 Å². The molecule has 2 aromatic carbocycles. The molecular formula is C17H19FN2. The van der Waals surface area contributed by atoms with Crippen LogP contribution in [0, 0.1) is 5.82 Å². The Hall–Kier alpha value is -1.87. The van der Waals surface area contributed by atoms with Gasteiger partial charge >= 0.3 is 0 Å². The van der Waals surface area contributed by atoms with Crippen molar-refractivity contribution in [3.05, 3.63) is 65.5 Å². The number of rotatable bonds is 4. The van der Waals surface area contributed by atoms with Gasteiger partial charge in [-0.15, -0.1) is 0 Å². The second kappa shape index (κ2) is 5.63. The van der Waals surface area contributed by atoms with Gasteiger partial charge in [0.15, 0.2) is 0 Å². The van der Waals surface area contributed by atoms with Crippen LogP contribution < -0.4 is 10.2 Å². The Morgan fingerprint density at radius 1 is 1.20 bits per heavy atom. The zero-order valence-corrected chi connectivity index (χ0v) is 11.6. The SMILES string of the molecule is CNCC(c1ccccc1)N1CCc2ccc(F)cc21. The lowest BCUT2D eigenvalue weighted by Gasteiger charge is -2.30. The molecule has 0 amide bonds. The molecule has 0 bridgehead atoms. The highest BCUT2D eigenvalue weighted by molar-refractivity contribution is 5.59. The number of nitrogens with zero attached hydrogens (tertiary/aromatic N) is 1. The van der Waals surface area contributed by atoms with Gasteiger partial charge in [0, 0.05) is 18.8 Å². The van der Waals surface area contributed by atoms with Crippen LogP contribution in [0.5, 0.6) is 0 Å². The lowest BCUT2D eigenvalue weighted by molar-refractivity contribution is 0.592. The first-order valence-electron chi connectivity index (χ1n) is 7.04. The van der Waals surface area contributed by atoms with E-state index in [1.54, 1.807) is 12.1 Å². The molecule has 0 saturated heterocycles. The Labute approximate surface area is 119 Å². The van der Waals surface area contributed by atoms with Crippen LogP contribution in [0.15, 0.2) is 48.5 Å². The third-order valence-corrected chi connectivity index (χ3v) is 3.94. The van der Waals surface area contributed by atoms with Crippen molar-refractivity contribution < 1.29 is 4.39 Å². The Morgan fingerprint density at radius 2 is 2.00 bits per heavy atom. The monoisotopic (exact) mass is 270 g/mol. The fourth-order valence-electron chi connectivity index (χ4n) is 2.98. The Bertz CT molecular complexity index is 583. The Kier molecular flexibility index (Phi) is 3.70. The van der Waals surface area contributed by atoms with Crippen molar-refractivity contribution in [1.82, 2.24) is 5.32 Å². The van der Waals surface area contributed by atoms with E-state index in [0.29, 0.717) is 0 Å². The number of anilines is 1. The molecule has 0 fully saturated rings. The molecule has 0 saturated carbocycles. The number of hydrogen-bond acceptors (Lipinski definition) is 2. The highest BCUT2D eigenvalue weighted by Crippen LogP contribution is 2.35. The van der Waals surface area contributed by atoms with Gasteiger partial charge in [-0.1, -0.05) is 36.4 Å². The van der Waals surface area contributed by atoms with Gasteiger partial charge in [-0.3, -0.25) is 0 Å². The predicted molar refractivity (Wildman–Crippen MR) is 80.6 cm³/mol. The van der Waals surface area contributed by atoms with E-state index in [0.717, 1.165) is 25.2 Å². The summed E-state index contributed by atoms with van der Waals surface area (Å²) < 4.78 is 13.5. The van der Waals surface area contributed by atoms with E-state index >= 15 is 0 Å². The molecule has 1 N–H and O–H groups in total. The van der Waals surface area contributed by atoms with Crippen LogP contribution in [0.4, 0.5) is 10.1 Å². The maximum absolute atomic E-state index is 13.5. The Balaban J connectivity index is 1.97. The van der Waals surface area contributed by atoms with E-state index in [-0.39, 0.29) is 11.9 Å². The first-order chi connectivity index (χ1) is 9.79. The molecule has 3 heteroatoms. The van der Waals surface area contributed by atoms with Crippen molar-refractivity contribution in [3.8, 4) is 0 Å². The van der Waals surface area contributed by atoms with E-state index in [9.17, 15) is 4.39 Å². The fourth-order valence-corrected chi connectivity index (χ4v) is 2.98. The molecule has 1 atom stereocenters. The second-order valence-electron chi connectivity index (χ2n) is 5.20. The van der Waals surface area contributed by atoms with E-state index in [2.05, 4.69) is 34.5 Å². The summed E-state index contributed by atoms with van der Waals surface area (Å²) in [7, 11) is 1.96. The second-order valence-corrected chi connectivity index (χ2v) is 5.20. The third kappa shape index (κ3) is 2.41. The maximum Gasteiger partial charge on any atom is 0.125 e. The summed E-state index contributed by atoms with van der Waals surface area (Å²) in [4.78, 5) is 2.31. The first-order valence-corrected chi connectivity index (χ1v) is 7.04. The van der Waals surface area contributed by atoms with Crippen LogP contribution in [-0.2, 0) is 6.42 Å². The number of benzene rings is 2. The lowest BCUT2D eigenvalue weighted by atomic mass is 10.0. The minimum Gasteiger partial charge on any atom is -0.363 e. The summed E-state index contributed by atoms with van der Waals surface area (Å²) in [5, 5.41) is 3.25. The number of fused-ring (bicyclic) bond motifs is 1. The minimum atomic E-state index is -0.160. The van der Waals surface area contributed by atoms with Crippen LogP contribution >= 0.6 is 0 Å². The van der Waals surface area contributed by atoms with Gasteiger partial charge in [0.05, 0.1) is 6.04 Å². The molecule has 2 nitrogen and oxygen atoms in total. The van der Waals surface area contributed by atoms with Gasteiger partial charge in [-0.25, -0.2) is 4.39 Å². The molecule has 0 aliphatic carbocycles. The summed E-state index contributed by atoms with van der Waals surface area (Å²) in [5.74, 6) is -0.160. The van der Waals surface area contributed by atoms with Crippen LogP contribution in [-0.4, -0.2) is 20.1 Å². The van der Waals surface area contributed by atoms with Gasteiger partial charge in [-0.2, -0.15) is 0 Å². The van der Waals surface area contributed by atoms with Crippen molar-refractivity contribution in [3.63, 3.8) is 0 Å². The zero-order chi connectivity index (χ0) is 13.9. The van der Waals surface area contributed by atoms with E-state index < -0.39 is 0 Å². The standard InChI is InChI=1S/C17H19FN2/c1-19-12-17(13-5-3-2-4-6-13)20-10-9-14-7-8-15(18)11-16(14)20/h2-8,11,17,19H,9-10,12H2,1H3. The maximum atomic E-state index is 13.5. The Morgan fingerprint density at radius 3 is 2.75 bits per heavy atom. The van der Waals surface area contributed by atoms with Crippen molar-refractivity contribution in [2.45, 2.75) is 12.5 Å². The molecule has 20 heavy (non-hydrogen) atoms. The summed E-state index contributed by atoms with van der Waals surface area (Å²) >= 11 is 0. The van der Waals surface area contributed by atoms with Crippen LogP contribution in [0.25, 0.3) is 0 Å². The molecule has 104 valence electrons. The summed E-state index contributed by atoms with van der Waals surface area (Å²) in [6.07, 6.45) is 0.989. The zero-order valence-electron chi connectivity index (χ0n) is 11.6. The molecule has 0 radical (unpaired) electrons. The molecule has 1 unspecified atom stereocenters. The topological polar surface area (TPSA) is 15.3 Å². The molecule has 3 rings (SSSR count). The number of nitrogens with one attached hydrogen (secondary N) is 1. The number of hydrogen-bond donors (Lipinski definition) is 1. The minimum absolute atomic E-state index is 0.160. The van der Waals surface area contributed by atoms with E-state index in [4.69, 9.17) is 0 Å². The normalized spacial score (nSPS) is 15.2. The van der Waals surface area contributed by atoms with E-state index in [1.165, 1.54) is 11.1 Å². The quantitative estimate of drug-likeness (QED) is 0.918. The molecule has 1 aliphatic rings. The summed E-state index contributed by atoms with van der Waals surface area (Å²) in [5.41, 5.74) is 3.54. The smallest absolute Gasteiger partial charge is 0.125 e. The van der Waals surface area contributed by atoms with Crippen LogP contribution in [0.3, 0.4) is 0 Å². The van der Waals surface area contributed by atoms with Crippen molar-refractivity contribution in [2.24, 2.45) is 0 Å². The molecule has 1 heterocycles. The average Bonchev–Trinajstić information content (AvgIpc) is 2.88. The summed E-state index contributed by atoms with van der Waals surface area (Å²) in [6, 6.07) is 15.8. The van der Waals surface area contributed by atoms with Crippen LogP contribution in [0.1, 0.15) is 17.2 Å². The highest BCUT2D eigenvalue weighted by Gasteiger charge is 2.27. The van der Waals surface area contributed by atoms with Crippen LogP contribution in [0.2, 0.25) is 0 Å². The van der Waals surface area contributed by atoms with Gasteiger partial charge in [0.25, 0.3) is 0 Å². The fraction of sp³-hybridized carbons (Fsp3) is 0.294. The lowest BCUT2D eigenvalue weighted by Crippen LogP contribution is -2.33.